The molecule has 1 aromatic heterocycles. The summed E-state index contributed by atoms with van der Waals surface area (Å²) in [4.78, 5) is 0. The van der Waals surface area contributed by atoms with Crippen molar-refractivity contribution in [3.05, 3.63) is 24.2 Å². The molecule has 1 aromatic rings. The van der Waals surface area contributed by atoms with Gasteiger partial charge in [-0.05, 0) is 57.7 Å². The first kappa shape index (κ1) is 14.6. The number of furan rings is 1. The Kier molecular flexibility index (Phi) is 5.06. The molecule has 1 unspecified atom stereocenters. The minimum Gasteiger partial charge on any atom is -0.469 e. The molecule has 0 saturated heterocycles. The predicted octanol–water partition coefficient (Wildman–Crippen LogP) is 3.40. The highest BCUT2D eigenvalue weighted by Gasteiger charge is 2.41. The van der Waals surface area contributed by atoms with Crippen LogP contribution in [0.15, 0.2) is 22.8 Å². The maximum Gasteiger partial charge on any atom is 0.105 e. The Morgan fingerprint density at radius 1 is 1.47 bits per heavy atom. The Hall–Kier alpha value is -0.800. The van der Waals surface area contributed by atoms with Crippen molar-refractivity contribution in [2.45, 2.75) is 57.6 Å². The Morgan fingerprint density at radius 2 is 2.21 bits per heavy atom. The van der Waals surface area contributed by atoms with E-state index in [0.717, 1.165) is 37.5 Å². The van der Waals surface area contributed by atoms with Crippen LogP contribution in [-0.4, -0.2) is 25.3 Å². The summed E-state index contributed by atoms with van der Waals surface area (Å²) in [5.74, 6) is 1.87. The van der Waals surface area contributed by atoms with Crippen LogP contribution >= 0.6 is 0 Å². The Labute approximate surface area is 116 Å². The van der Waals surface area contributed by atoms with Crippen molar-refractivity contribution >= 4 is 0 Å². The molecule has 1 heterocycles. The van der Waals surface area contributed by atoms with Gasteiger partial charge in [0.25, 0.3) is 0 Å². The third-order valence-electron chi connectivity index (χ3n) is 4.52. The SMILES string of the molecule is CCOC1(C(Cc2ccco2)NC)CCC(C)CC1. The third-order valence-corrected chi connectivity index (χ3v) is 4.52. The van der Waals surface area contributed by atoms with Crippen LogP contribution < -0.4 is 5.32 Å². The molecule has 19 heavy (non-hydrogen) atoms. The standard InChI is InChI=1S/C16H27NO2/c1-4-19-16(9-7-13(2)8-10-16)15(17-3)12-14-6-5-11-18-14/h5-6,11,13,15,17H,4,7-10,12H2,1-3H3. The zero-order chi connectivity index (χ0) is 13.7. The smallest absolute Gasteiger partial charge is 0.105 e. The lowest BCUT2D eigenvalue weighted by atomic mass is 9.74. The Morgan fingerprint density at radius 3 is 2.74 bits per heavy atom. The lowest BCUT2D eigenvalue weighted by molar-refractivity contribution is -0.0954. The molecule has 0 amide bonds. The second-order valence-corrected chi connectivity index (χ2v) is 5.81. The van der Waals surface area contributed by atoms with E-state index < -0.39 is 0 Å². The summed E-state index contributed by atoms with van der Waals surface area (Å²) in [6.45, 7) is 5.22. The number of nitrogens with one attached hydrogen (secondary N) is 1. The molecule has 0 aromatic carbocycles. The van der Waals surface area contributed by atoms with Gasteiger partial charge in [0.05, 0.1) is 11.9 Å². The van der Waals surface area contributed by atoms with Crippen LogP contribution in [0, 0.1) is 5.92 Å². The van der Waals surface area contributed by atoms with Crippen LogP contribution in [0.2, 0.25) is 0 Å². The predicted molar refractivity (Wildman–Crippen MR) is 77.2 cm³/mol. The molecule has 2 rings (SSSR count). The molecule has 3 nitrogen and oxygen atoms in total. The largest absolute Gasteiger partial charge is 0.469 e. The molecule has 1 aliphatic carbocycles. The van der Waals surface area contributed by atoms with Crippen molar-refractivity contribution in [2.75, 3.05) is 13.7 Å². The molecule has 1 fully saturated rings. The molecular weight excluding hydrogens is 238 g/mol. The van der Waals surface area contributed by atoms with Crippen molar-refractivity contribution in [3.63, 3.8) is 0 Å². The maximum absolute atomic E-state index is 6.22. The van der Waals surface area contributed by atoms with Crippen LogP contribution in [0.4, 0.5) is 0 Å². The van der Waals surface area contributed by atoms with E-state index in [1.54, 1.807) is 6.26 Å². The summed E-state index contributed by atoms with van der Waals surface area (Å²) in [6.07, 6.45) is 7.46. The van der Waals surface area contributed by atoms with Crippen molar-refractivity contribution in [1.29, 1.82) is 0 Å². The van der Waals surface area contributed by atoms with Gasteiger partial charge in [0.1, 0.15) is 5.76 Å². The molecule has 3 heteroatoms. The van der Waals surface area contributed by atoms with Gasteiger partial charge in [-0.25, -0.2) is 0 Å². The van der Waals surface area contributed by atoms with E-state index in [4.69, 9.17) is 9.15 Å². The first-order chi connectivity index (χ1) is 9.20. The highest BCUT2D eigenvalue weighted by molar-refractivity contribution is 5.06. The summed E-state index contributed by atoms with van der Waals surface area (Å²) >= 11 is 0. The van der Waals surface area contributed by atoms with E-state index in [2.05, 4.69) is 25.2 Å². The van der Waals surface area contributed by atoms with Crippen molar-refractivity contribution in [3.8, 4) is 0 Å². The minimum atomic E-state index is -0.0250. The molecule has 1 N–H and O–H groups in total. The molecule has 0 aliphatic heterocycles. The fourth-order valence-electron chi connectivity index (χ4n) is 3.31. The zero-order valence-electron chi connectivity index (χ0n) is 12.4. The number of hydrogen-bond acceptors (Lipinski definition) is 3. The van der Waals surface area contributed by atoms with E-state index in [0.29, 0.717) is 6.04 Å². The quantitative estimate of drug-likeness (QED) is 0.856. The molecule has 0 bridgehead atoms. The maximum atomic E-state index is 6.22. The molecular formula is C16H27NO2. The second-order valence-electron chi connectivity index (χ2n) is 5.81. The fraction of sp³-hybridized carbons (Fsp3) is 0.750. The van der Waals surface area contributed by atoms with Gasteiger partial charge < -0.3 is 14.5 Å². The summed E-state index contributed by atoms with van der Waals surface area (Å²) in [5, 5.41) is 3.47. The zero-order valence-corrected chi connectivity index (χ0v) is 12.4. The van der Waals surface area contributed by atoms with E-state index in [9.17, 15) is 0 Å². The van der Waals surface area contributed by atoms with E-state index in [1.165, 1.54) is 12.8 Å². The number of rotatable bonds is 6. The minimum absolute atomic E-state index is 0.0250. The van der Waals surface area contributed by atoms with Gasteiger partial charge in [0, 0.05) is 19.1 Å². The second kappa shape index (κ2) is 6.58. The summed E-state index contributed by atoms with van der Waals surface area (Å²) in [7, 11) is 2.03. The molecule has 0 radical (unpaired) electrons. The van der Waals surface area contributed by atoms with Crippen LogP contribution in [0.25, 0.3) is 0 Å². The van der Waals surface area contributed by atoms with Crippen LogP contribution in [0.1, 0.15) is 45.3 Å². The van der Waals surface area contributed by atoms with Crippen molar-refractivity contribution in [2.24, 2.45) is 5.92 Å². The average molecular weight is 265 g/mol. The molecule has 1 atom stereocenters. The van der Waals surface area contributed by atoms with E-state index in [1.807, 2.05) is 13.1 Å². The number of ether oxygens (including phenoxy) is 1. The van der Waals surface area contributed by atoms with Gasteiger partial charge in [-0.2, -0.15) is 0 Å². The first-order valence-electron chi connectivity index (χ1n) is 7.54. The summed E-state index contributed by atoms with van der Waals surface area (Å²) < 4.78 is 11.7. The van der Waals surface area contributed by atoms with Gasteiger partial charge in [-0.1, -0.05) is 6.92 Å². The van der Waals surface area contributed by atoms with Crippen LogP contribution in [-0.2, 0) is 11.2 Å². The fourth-order valence-corrected chi connectivity index (χ4v) is 3.31. The van der Waals surface area contributed by atoms with Crippen molar-refractivity contribution in [1.82, 2.24) is 5.32 Å². The molecule has 0 spiro atoms. The normalized spacial score (nSPS) is 29.3. The van der Waals surface area contributed by atoms with Gasteiger partial charge in [-0.3, -0.25) is 0 Å². The highest BCUT2D eigenvalue weighted by atomic mass is 16.5. The topological polar surface area (TPSA) is 34.4 Å². The Balaban J connectivity index is 2.10. The number of hydrogen-bond donors (Lipinski definition) is 1. The first-order valence-corrected chi connectivity index (χ1v) is 7.54. The third kappa shape index (κ3) is 3.40. The van der Waals surface area contributed by atoms with Crippen LogP contribution in [0.3, 0.4) is 0 Å². The summed E-state index contributed by atoms with van der Waals surface area (Å²) in [6, 6.07) is 4.33. The Bertz CT molecular complexity index is 353. The van der Waals surface area contributed by atoms with E-state index in [-0.39, 0.29) is 5.60 Å². The lowest BCUT2D eigenvalue weighted by Gasteiger charge is -2.44. The van der Waals surface area contributed by atoms with Gasteiger partial charge >= 0.3 is 0 Å². The monoisotopic (exact) mass is 265 g/mol. The molecule has 1 aliphatic rings. The molecule has 108 valence electrons. The van der Waals surface area contributed by atoms with Gasteiger partial charge in [0.2, 0.25) is 0 Å². The average Bonchev–Trinajstić information content (AvgIpc) is 2.92. The van der Waals surface area contributed by atoms with E-state index >= 15 is 0 Å². The lowest BCUT2D eigenvalue weighted by Crippen LogP contribution is -2.54. The highest BCUT2D eigenvalue weighted by Crippen LogP contribution is 2.38. The number of likely N-dealkylation sites (N-methyl/N-ethyl adjacent to an activating group) is 1. The van der Waals surface area contributed by atoms with Crippen molar-refractivity contribution < 1.29 is 9.15 Å². The van der Waals surface area contributed by atoms with Gasteiger partial charge in [0.15, 0.2) is 0 Å². The molecule has 1 saturated carbocycles. The van der Waals surface area contributed by atoms with Crippen LogP contribution in [0.5, 0.6) is 0 Å². The van der Waals surface area contributed by atoms with Gasteiger partial charge in [-0.15, -0.1) is 0 Å². The summed E-state index contributed by atoms with van der Waals surface area (Å²) in [5.41, 5.74) is -0.0250.